The molecule has 0 radical (unpaired) electrons. The molecule has 6 rings (SSSR count). The third-order valence-corrected chi connectivity index (χ3v) is 7.88. The number of hydrogen-bond acceptors (Lipinski definition) is 6. The van der Waals surface area contributed by atoms with E-state index in [1.165, 1.54) is 6.08 Å². The van der Waals surface area contributed by atoms with E-state index in [0.717, 1.165) is 9.47 Å². The van der Waals surface area contributed by atoms with Crippen LogP contribution in [0.4, 0.5) is 5.69 Å². The Labute approximate surface area is 282 Å². The number of nitrogens with zero attached hydrogens (tertiary/aromatic N) is 4. The number of carbonyl (C=O) groups excluding carboxylic acids is 2. The van der Waals surface area contributed by atoms with Gasteiger partial charge in [0.1, 0.15) is 23.3 Å². The van der Waals surface area contributed by atoms with Crippen molar-refractivity contribution in [1.29, 1.82) is 10.5 Å². The van der Waals surface area contributed by atoms with Gasteiger partial charge in [-0.1, -0.05) is 115 Å². The number of allylic oxidation sites excluding steroid dienone is 4. The molecular formula is C41H26N4O4. The smallest absolute Gasteiger partial charge is 0.276 e. The molecule has 1 aliphatic rings. The number of amides is 2. The highest BCUT2D eigenvalue weighted by Crippen LogP contribution is 2.36. The largest absolute Gasteiger partial charge is 0.494 e. The van der Waals surface area contributed by atoms with E-state index in [1.807, 2.05) is 12.1 Å². The highest BCUT2D eigenvalue weighted by atomic mass is 16.3. The van der Waals surface area contributed by atoms with Crippen LogP contribution in [0.1, 0.15) is 16.7 Å². The van der Waals surface area contributed by atoms with E-state index < -0.39 is 17.4 Å². The fourth-order valence-corrected chi connectivity index (χ4v) is 5.68. The van der Waals surface area contributed by atoms with Crippen LogP contribution in [0.3, 0.4) is 0 Å². The summed E-state index contributed by atoms with van der Waals surface area (Å²) in [5, 5.41) is 31.8. The minimum absolute atomic E-state index is 0.132. The van der Waals surface area contributed by atoms with Gasteiger partial charge in [-0.15, -0.1) is 0 Å². The van der Waals surface area contributed by atoms with Crippen molar-refractivity contribution in [1.82, 2.24) is 4.57 Å². The molecule has 2 amide bonds. The van der Waals surface area contributed by atoms with E-state index >= 15 is 0 Å². The lowest BCUT2D eigenvalue weighted by Crippen LogP contribution is -2.42. The third kappa shape index (κ3) is 6.01. The molecule has 1 aromatic heterocycles. The van der Waals surface area contributed by atoms with Gasteiger partial charge in [0.2, 0.25) is 5.88 Å². The highest BCUT2D eigenvalue weighted by Gasteiger charge is 2.38. The Balaban J connectivity index is 1.48. The van der Waals surface area contributed by atoms with Crippen LogP contribution < -0.4 is 10.5 Å². The molecule has 1 aliphatic heterocycles. The van der Waals surface area contributed by atoms with Gasteiger partial charge in [0, 0.05) is 22.3 Å². The van der Waals surface area contributed by atoms with Gasteiger partial charge >= 0.3 is 0 Å². The zero-order valence-corrected chi connectivity index (χ0v) is 25.9. The molecule has 0 bridgehead atoms. The second-order valence-corrected chi connectivity index (χ2v) is 10.8. The van der Waals surface area contributed by atoms with Crippen molar-refractivity contribution in [3.05, 3.63) is 184 Å². The van der Waals surface area contributed by atoms with Gasteiger partial charge in [0.15, 0.2) is 0 Å². The van der Waals surface area contributed by atoms with Crippen molar-refractivity contribution in [2.75, 3.05) is 4.90 Å². The summed E-state index contributed by atoms with van der Waals surface area (Å²) in [6.07, 6.45) is 7.89. The molecule has 8 heteroatoms. The molecule has 0 saturated carbocycles. The SMILES string of the molecule is N#CC1=C(c2ccccc2)/C(=C/C=CC=Cc2c(-c3ccccc3)c(C#N)c(=O)n(-c3ccccc3)c2O)C(=O)N(c2ccccc2)C1=O. The van der Waals surface area contributed by atoms with E-state index in [4.69, 9.17) is 0 Å². The van der Waals surface area contributed by atoms with E-state index in [1.54, 1.807) is 146 Å². The summed E-state index contributed by atoms with van der Waals surface area (Å²) in [6.45, 7) is 0. The first-order valence-electron chi connectivity index (χ1n) is 15.2. The van der Waals surface area contributed by atoms with Crippen LogP contribution in [0.15, 0.2) is 162 Å². The number of hydrogen-bond donors (Lipinski definition) is 1. The predicted octanol–water partition coefficient (Wildman–Crippen LogP) is 7.13. The highest BCUT2D eigenvalue weighted by molar-refractivity contribution is 6.37. The van der Waals surface area contributed by atoms with Gasteiger partial charge in [-0.2, -0.15) is 10.5 Å². The predicted molar refractivity (Wildman–Crippen MR) is 188 cm³/mol. The maximum atomic E-state index is 13.9. The summed E-state index contributed by atoms with van der Waals surface area (Å²) >= 11 is 0. The number of benzene rings is 4. The van der Waals surface area contributed by atoms with Crippen LogP contribution in [0.5, 0.6) is 5.88 Å². The summed E-state index contributed by atoms with van der Waals surface area (Å²) in [6, 6.07) is 38.6. The zero-order chi connectivity index (χ0) is 34.3. The van der Waals surface area contributed by atoms with Crippen LogP contribution in [-0.4, -0.2) is 21.5 Å². The first-order chi connectivity index (χ1) is 24.0. The van der Waals surface area contributed by atoms with Crippen LogP contribution in [0.25, 0.3) is 28.5 Å². The van der Waals surface area contributed by atoms with Crippen molar-refractivity contribution in [2.24, 2.45) is 0 Å². The zero-order valence-electron chi connectivity index (χ0n) is 25.9. The van der Waals surface area contributed by atoms with Crippen molar-refractivity contribution in [2.45, 2.75) is 0 Å². The normalized spacial score (nSPS) is 14.1. The maximum absolute atomic E-state index is 13.9. The molecule has 0 aliphatic carbocycles. The van der Waals surface area contributed by atoms with E-state index in [0.29, 0.717) is 22.5 Å². The minimum Gasteiger partial charge on any atom is -0.494 e. The first kappa shape index (κ1) is 31.7. The minimum atomic E-state index is -0.718. The summed E-state index contributed by atoms with van der Waals surface area (Å²) < 4.78 is 1.09. The second-order valence-electron chi connectivity index (χ2n) is 10.8. The molecule has 1 N–H and O–H groups in total. The Hall–Kier alpha value is -7.29. The summed E-state index contributed by atoms with van der Waals surface area (Å²) in [4.78, 5) is 42.0. The number of aromatic nitrogens is 1. The molecule has 0 atom stereocenters. The Morgan fingerprint density at radius 1 is 0.612 bits per heavy atom. The lowest BCUT2D eigenvalue weighted by molar-refractivity contribution is -0.122. The molecule has 0 fully saturated rings. The van der Waals surface area contributed by atoms with Gasteiger partial charge < -0.3 is 5.11 Å². The topological polar surface area (TPSA) is 127 Å². The number of nitriles is 2. The number of para-hydroxylation sites is 2. The molecule has 4 aromatic carbocycles. The maximum Gasteiger partial charge on any atom is 0.276 e. The fourth-order valence-electron chi connectivity index (χ4n) is 5.68. The number of pyridine rings is 1. The Bertz CT molecular complexity index is 2340. The Morgan fingerprint density at radius 2 is 1.16 bits per heavy atom. The molecule has 0 spiro atoms. The average molecular weight is 639 g/mol. The fraction of sp³-hybridized carbons (Fsp3) is 0. The van der Waals surface area contributed by atoms with Gasteiger partial charge in [0.25, 0.3) is 17.4 Å². The van der Waals surface area contributed by atoms with Crippen LogP contribution in [-0.2, 0) is 9.59 Å². The number of carbonyl (C=O) groups is 2. The van der Waals surface area contributed by atoms with Gasteiger partial charge in [-0.3, -0.25) is 14.4 Å². The van der Waals surface area contributed by atoms with E-state index in [-0.39, 0.29) is 39.3 Å². The van der Waals surface area contributed by atoms with Crippen molar-refractivity contribution in [3.8, 4) is 34.8 Å². The number of aromatic hydroxyl groups is 1. The van der Waals surface area contributed by atoms with E-state index in [9.17, 15) is 30.0 Å². The molecule has 49 heavy (non-hydrogen) atoms. The summed E-state index contributed by atoms with van der Waals surface area (Å²) in [5.41, 5.74) is 1.70. The average Bonchev–Trinajstić information content (AvgIpc) is 3.14. The lowest BCUT2D eigenvalue weighted by Gasteiger charge is -2.28. The second kappa shape index (κ2) is 14.0. The molecule has 0 unspecified atom stereocenters. The third-order valence-electron chi connectivity index (χ3n) is 7.88. The molecular weight excluding hydrogens is 612 g/mol. The number of imide groups is 1. The van der Waals surface area contributed by atoms with Crippen LogP contribution >= 0.6 is 0 Å². The molecule has 2 heterocycles. The summed E-state index contributed by atoms with van der Waals surface area (Å²) in [5.74, 6) is -1.67. The lowest BCUT2D eigenvalue weighted by atomic mass is 9.88. The molecule has 0 saturated heterocycles. The molecule has 8 nitrogen and oxygen atoms in total. The van der Waals surface area contributed by atoms with Crippen LogP contribution in [0, 0.1) is 22.7 Å². The van der Waals surface area contributed by atoms with Crippen molar-refractivity contribution in [3.63, 3.8) is 0 Å². The standard InChI is InChI=1S/C41H26N4O4/c42-26-34-36(28-16-6-1-7-17-28)32(38(46)44(40(34)48)30-20-10-3-11-21-30)24-14-5-15-25-33-37(29-18-8-2-9-19-29)35(27-43)41(49)45(39(33)47)31-22-12-4-13-23-31/h1-25,46H/b15-5?,24-14?,33-25-. The number of rotatable bonds is 7. The molecule has 5 aromatic rings. The quantitative estimate of drug-likeness (QED) is 0.115. The van der Waals surface area contributed by atoms with Gasteiger partial charge in [-0.05, 0) is 47.5 Å². The number of anilines is 1. The monoisotopic (exact) mass is 638 g/mol. The van der Waals surface area contributed by atoms with Crippen LogP contribution in [0.2, 0.25) is 0 Å². The Morgan fingerprint density at radius 3 is 1.73 bits per heavy atom. The first-order valence-corrected chi connectivity index (χ1v) is 15.2. The van der Waals surface area contributed by atoms with Crippen molar-refractivity contribution < 1.29 is 14.7 Å². The van der Waals surface area contributed by atoms with Gasteiger partial charge in [-0.25, -0.2) is 9.47 Å². The summed E-state index contributed by atoms with van der Waals surface area (Å²) in [7, 11) is 0. The van der Waals surface area contributed by atoms with Crippen molar-refractivity contribution >= 4 is 29.2 Å². The van der Waals surface area contributed by atoms with Gasteiger partial charge in [0.05, 0.1) is 11.4 Å². The van der Waals surface area contributed by atoms with E-state index in [2.05, 4.69) is 0 Å². The Kier molecular flexibility index (Phi) is 9.05. The molecule has 234 valence electrons.